The van der Waals surface area contributed by atoms with Crippen LogP contribution in [0.15, 0.2) is 0 Å². The molecule has 8 heteroatoms. The lowest BCUT2D eigenvalue weighted by Gasteiger charge is -2.20. The third-order valence-corrected chi connectivity index (χ3v) is 4.22. The Kier molecular flexibility index (Phi) is 4.25. The molecule has 1 aliphatic heterocycles. The van der Waals surface area contributed by atoms with Crippen LogP contribution in [0.25, 0.3) is 0 Å². The fourth-order valence-electron chi connectivity index (χ4n) is 1.62. The third kappa shape index (κ3) is 2.91. The summed E-state index contributed by atoms with van der Waals surface area (Å²) in [5.74, 6) is -1.52. The van der Waals surface area contributed by atoms with Gasteiger partial charge in [0.1, 0.15) is 6.04 Å². The van der Waals surface area contributed by atoms with Crippen molar-refractivity contribution in [1.82, 2.24) is 4.31 Å². The lowest BCUT2D eigenvalue weighted by Crippen LogP contribution is -2.42. The van der Waals surface area contributed by atoms with Gasteiger partial charge in [-0.1, -0.05) is 0 Å². The number of hydrogen-bond donors (Lipinski definition) is 2. The van der Waals surface area contributed by atoms with E-state index >= 15 is 0 Å². The van der Waals surface area contributed by atoms with Crippen LogP contribution in [0.4, 0.5) is 0 Å². The van der Waals surface area contributed by atoms with Crippen LogP contribution in [-0.2, 0) is 19.6 Å². The van der Waals surface area contributed by atoms with Gasteiger partial charge in [0.15, 0.2) is 0 Å². The monoisotopic (exact) mass is 253 g/mol. The van der Waals surface area contributed by atoms with Gasteiger partial charge in [-0.2, -0.15) is 4.31 Å². The Morgan fingerprint density at radius 1 is 1.56 bits per heavy atom. The molecule has 7 nitrogen and oxygen atoms in total. The molecule has 0 aromatic heterocycles. The average Bonchev–Trinajstić information content (AvgIpc) is 2.58. The predicted octanol–water partition coefficient (Wildman–Crippen LogP) is -1.52. The Hall–Kier alpha value is -0.700. The van der Waals surface area contributed by atoms with E-state index in [1.807, 2.05) is 0 Å². The highest BCUT2D eigenvalue weighted by atomic mass is 32.2. The summed E-state index contributed by atoms with van der Waals surface area (Å²) in [7, 11) is -2.32. The van der Waals surface area contributed by atoms with E-state index in [9.17, 15) is 18.3 Å². The van der Waals surface area contributed by atoms with E-state index in [4.69, 9.17) is 5.11 Å². The van der Waals surface area contributed by atoms with Crippen molar-refractivity contribution >= 4 is 16.0 Å². The number of aliphatic carboxylic acids is 1. The minimum Gasteiger partial charge on any atom is -0.480 e. The van der Waals surface area contributed by atoms with Gasteiger partial charge in [-0.25, -0.2) is 8.42 Å². The second-order valence-corrected chi connectivity index (χ2v) is 5.66. The molecule has 0 amide bonds. The molecular weight excluding hydrogens is 238 g/mol. The zero-order valence-electron chi connectivity index (χ0n) is 8.87. The lowest BCUT2D eigenvalue weighted by molar-refractivity contribution is -0.140. The number of carbonyl (C=O) groups is 1. The van der Waals surface area contributed by atoms with Gasteiger partial charge >= 0.3 is 5.97 Å². The van der Waals surface area contributed by atoms with Crippen LogP contribution in [0, 0.1) is 0 Å². The van der Waals surface area contributed by atoms with E-state index < -0.39 is 28.1 Å². The van der Waals surface area contributed by atoms with Crippen LogP contribution in [0.2, 0.25) is 0 Å². The van der Waals surface area contributed by atoms with Gasteiger partial charge in [-0.3, -0.25) is 4.79 Å². The van der Waals surface area contributed by atoms with Gasteiger partial charge in [0.25, 0.3) is 0 Å². The molecule has 1 rings (SSSR count). The lowest BCUT2D eigenvalue weighted by atomic mass is 10.2. The molecule has 0 radical (unpaired) electrons. The summed E-state index contributed by atoms with van der Waals surface area (Å²) in [6, 6.07) is -1.17. The molecule has 0 saturated carbocycles. The van der Waals surface area contributed by atoms with Gasteiger partial charge in [0, 0.05) is 20.1 Å². The number of ether oxygens (including phenoxy) is 1. The first-order valence-corrected chi connectivity index (χ1v) is 6.38. The SMILES string of the molecule is COCCS(=O)(=O)N1C[C@H](O)C[C@@H]1C(=O)O. The van der Waals surface area contributed by atoms with E-state index in [1.54, 1.807) is 0 Å². The highest BCUT2D eigenvalue weighted by Crippen LogP contribution is 2.22. The summed E-state index contributed by atoms with van der Waals surface area (Å²) < 4.78 is 28.9. The van der Waals surface area contributed by atoms with Crippen molar-refractivity contribution in [2.75, 3.05) is 26.0 Å². The van der Waals surface area contributed by atoms with Gasteiger partial charge in [-0.15, -0.1) is 0 Å². The van der Waals surface area contributed by atoms with Crippen LogP contribution in [0.1, 0.15) is 6.42 Å². The van der Waals surface area contributed by atoms with Crippen LogP contribution < -0.4 is 0 Å². The number of hydrogen-bond acceptors (Lipinski definition) is 5. The standard InChI is InChI=1S/C8H15NO6S/c1-15-2-3-16(13,14)9-5-6(10)4-7(9)8(11)12/h6-7,10H,2-5H2,1H3,(H,11,12)/t6-,7-/m1/s1. The summed E-state index contributed by atoms with van der Waals surface area (Å²) in [5.41, 5.74) is 0. The van der Waals surface area contributed by atoms with Crippen LogP contribution in [0.5, 0.6) is 0 Å². The summed E-state index contributed by atoms with van der Waals surface area (Å²) in [5, 5.41) is 18.1. The Morgan fingerprint density at radius 2 is 2.19 bits per heavy atom. The van der Waals surface area contributed by atoms with Gasteiger partial charge < -0.3 is 14.9 Å². The summed E-state index contributed by atoms with van der Waals surface area (Å²) in [6.07, 6.45) is -0.986. The highest BCUT2D eigenvalue weighted by molar-refractivity contribution is 7.89. The first-order chi connectivity index (χ1) is 7.38. The van der Waals surface area contributed by atoms with Crippen molar-refractivity contribution in [2.45, 2.75) is 18.6 Å². The molecule has 0 spiro atoms. The summed E-state index contributed by atoms with van der Waals surface area (Å²) in [6.45, 7) is -0.162. The highest BCUT2D eigenvalue weighted by Gasteiger charge is 2.42. The molecule has 0 bridgehead atoms. The molecule has 94 valence electrons. The fraction of sp³-hybridized carbons (Fsp3) is 0.875. The number of methoxy groups -OCH3 is 1. The maximum atomic E-state index is 11.7. The number of aliphatic hydroxyl groups is 1. The van der Waals surface area contributed by atoms with E-state index in [1.165, 1.54) is 7.11 Å². The zero-order chi connectivity index (χ0) is 12.3. The minimum atomic E-state index is -3.68. The number of carboxylic acids is 1. The first-order valence-electron chi connectivity index (χ1n) is 4.78. The van der Waals surface area contributed by atoms with Crippen molar-refractivity contribution in [1.29, 1.82) is 0 Å². The average molecular weight is 253 g/mol. The molecule has 2 N–H and O–H groups in total. The molecule has 0 aromatic carbocycles. The number of rotatable bonds is 5. The zero-order valence-corrected chi connectivity index (χ0v) is 9.68. The first kappa shape index (κ1) is 13.4. The number of sulfonamides is 1. The van der Waals surface area contributed by atoms with Crippen LogP contribution in [0.3, 0.4) is 0 Å². The van der Waals surface area contributed by atoms with E-state index in [-0.39, 0.29) is 25.3 Å². The number of β-amino-alcohol motifs (C(OH)–C–C–N with tert-alkyl or cyclic N) is 1. The van der Waals surface area contributed by atoms with Crippen molar-refractivity contribution < 1.29 is 28.2 Å². The van der Waals surface area contributed by atoms with Crippen molar-refractivity contribution in [3.8, 4) is 0 Å². The molecule has 2 atom stereocenters. The quantitative estimate of drug-likeness (QED) is 0.617. The topological polar surface area (TPSA) is 104 Å². The Morgan fingerprint density at radius 3 is 2.69 bits per heavy atom. The van der Waals surface area contributed by atoms with Gasteiger partial charge in [0.2, 0.25) is 10.0 Å². The molecule has 16 heavy (non-hydrogen) atoms. The number of aliphatic hydroxyl groups excluding tert-OH is 1. The van der Waals surface area contributed by atoms with Crippen LogP contribution in [-0.4, -0.2) is 67.1 Å². The van der Waals surface area contributed by atoms with E-state index in [0.717, 1.165) is 4.31 Å². The molecule has 0 unspecified atom stereocenters. The smallest absolute Gasteiger partial charge is 0.322 e. The fourth-order valence-corrected chi connectivity index (χ4v) is 3.20. The van der Waals surface area contributed by atoms with Crippen LogP contribution >= 0.6 is 0 Å². The minimum absolute atomic E-state index is 0.00126. The van der Waals surface area contributed by atoms with Gasteiger partial charge in [-0.05, 0) is 0 Å². The molecule has 0 aromatic rings. The molecular formula is C8H15NO6S. The third-order valence-electron chi connectivity index (χ3n) is 2.42. The summed E-state index contributed by atoms with van der Waals surface area (Å²) in [4.78, 5) is 10.8. The Labute approximate surface area is 93.7 Å². The maximum absolute atomic E-state index is 11.7. The van der Waals surface area contributed by atoms with Gasteiger partial charge in [0.05, 0.1) is 18.5 Å². The molecule has 1 aliphatic rings. The Bertz CT molecular complexity index is 354. The largest absolute Gasteiger partial charge is 0.480 e. The van der Waals surface area contributed by atoms with E-state index in [2.05, 4.69) is 4.74 Å². The molecule has 1 fully saturated rings. The second kappa shape index (κ2) is 5.09. The number of nitrogens with zero attached hydrogens (tertiary/aromatic N) is 1. The van der Waals surface area contributed by atoms with Crippen molar-refractivity contribution in [3.63, 3.8) is 0 Å². The normalized spacial score (nSPS) is 27.1. The van der Waals surface area contributed by atoms with Crippen molar-refractivity contribution in [2.24, 2.45) is 0 Å². The maximum Gasteiger partial charge on any atom is 0.322 e. The second-order valence-electron chi connectivity index (χ2n) is 3.62. The number of carboxylic acid groups (broad SMARTS) is 1. The summed E-state index contributed by atoms with van der Waals surface area (Å²) >= 11 is 0. The molecule has 0 aliphatic carbocycles. The molecule has 1 heterocycles. The predicted molar refractivity (Wildman–Crippen MR) is 54.4 cm³/mol. The van der Waals surface area contributed by atoms with E-state index in [0.29, 0.717) is 0 Å². The molecule has 1 saturated heterocycles. The Balaban J connectivity index is 2.81. The van der Waals surface area contributed by atoms with Crippen molar-refractivity contribution in [3.05, 3.63) is 0 Å².